The van der Waals surface area contributed by atoms with Gasteiger partial charge in [0, 0.05) is 0 Å². The first-order valence-corrected chi connectivity index (χ1v) is 5.61. The molecule has 0 saturated heterocycles. The number of hydrogen-bond donors (Lipinski definition) is 2. The molecule has 0 unspecified atom stereocenters. The van der Waals surface area contributed by atoms with E-state index in [9.17, 15) is 9.18 Å². The van der Waals surface area contributed by atoms with Gasteiger partial charge in [0.1, 0.15) is 0 Å². The minimum atomic E-state index is -0.684. The maximum atomic E-state index is 13.3. The second-order valence-corrected chi connectivity index (χ2v) is 4.13. The summed E-state index contributed by atoms with van der Waals surface area (Å²) in [7, 11) is 0. The monoisotopic (exact) mass is 256 g/mol. The van der Waals surface area contributed by atoms with E-state index in [-0.39, 0.29) is 11.3 Å². The third kappa shape index (κ3) is 1.95. The van der Waals surface area contributed by atoms with Crippen molar-refractivity contribution in [2.75, 3.05) is 0 Å². The Morgan fingerprint density at radius 2 is 1.84 bits per heavy atom. The second-order valence-electron chi connectivity index (χ2n) is 4.13. The molecule has 19 heavy (non-hydrogen) atoms. The number of halogens is 1. The number of rotatable bonds is 1. The van der Waals surface area contributed by atoms with Gasteiger partial charge < -0.3 is 10.1 Å². The molecule has 1 heterocycles. The van der Waals surface area contributed by atoms with Crippen LogP contribution in [0.25, 0.3) is 22.0 Å². The van der Waals surface area contributed by atoms with Crippen molar-refractivity contribution in [2.24, 2.45) is 0 Å². The number of phenolic OH excluding ortho intramolecular Hbond substituents is 1. The van der Waals surface area contributed by atoms with Gasteiger partial charge in [-0.25, -0.2) is 9.37 Å². The number of nitrogens with one attached hydrogen (secondary N) is 1. The van der Waals surface area contributed by atoms with Crippen molar-refractivity contribution in [3.05, 3.63) is 58.9 Å². The molecule has 2 N–H and O–H groups in total. The average Bonchev–Trinajstić information content (AvgIpc) is 2.42. The highest BCUT2D eigenvalue weighted by Crippen LogP contribution is 2.26. The number of aromatic hydroxyl groups is 1. The van der Waals surface area contributed by atoms with Gasteiger partial charge in [-0.2, -0.15) is 0 Å². The van der Waals surface area contributed by atoms with Crippen LogP contribution in [0.2, 0.25) is 0 Å². The van der Waals surface area contributed by atoms with E-state index in [1.807, 2.05) is 0 Å². The van der Waals surface area contributed by atoms with Gasteiger partial charge in [0.2, 0.25) is 0 Å². The molecular formula is C14H9FN2O2. The number of fused-ring (bicyclic) bond motifs is 1. The molecule has 3 rings (SSSR count). The molecule has 3 aromatic rings. The Kier molecular flexibility index (Phi) is 2.52. The van der Waals surface area contributed by atoms with Crippen LogP contribution in [0.5, 0.6) is 5.75 Å². The molecule has 0 spiro atoms. The summed E-state index contributed by atoms with van der Waals surface area (Å²) in [6.45, 7) is 0. The molecule has 0 aliphatic carbocycles. The average molecular weight is 256 g/mol. The molecule has 94 valence electrons. The molecule has 0 aliphatic heterocycles. The number of benzene rings is 2. The number of aromatic amines is 1. The van der Waals surface area contributed by atoms with Crippen LogP contribution in [0, 0.1) is 5.82 Å². The number of phenols is 1. The summed E-state index contributed by atoms with van der Waals surface area (Å²) in [5, 5.41) is 9.64. The SMILES string of the molecule is O=c1[nH]cnc2cc(-c3ccc(O)c(F)c3)ccc12. The Hall–Kier alpha value is -2.69. The zero-order chi connectivity index (χ0) is 13.4. The highest BCUT2D eigenvalue weighted by atomic mass is 19.1. The fraction of sp³-hybridized carbons (Fsp3) is 0. The van der Waals surface area contributed by atoms with Crippen molar-refractivity contribution >= 4 is 10.9 Å². The van der Waals surface area contributed by atoms with Crippen molar-refractivity contribution in [1.29, 1.82) is 0 Å². The van der Waals surface area contributed by atoms with E-state index in [0.717, 1.165) is 5.56 Å². The molecule has 5 heteroatoms. The van der Waals surface area contributed by atoms with Gasteiger partial charge in [0.15, 0.2) is 11.6 Å². The molecule has 0 radical (unpaired) electrons. The topological polar surface area (TPSA) is 66.0 Å². The summed E-state index contributed by atoms with van der Waals surface area (Å²) in [5.74, 6) is -1.07. The molecule has 0 amide bonds. The van der Waals surface area contributed by atoms with Crippen LogP contribution >= 0.6 is 0 Å². The fourth-order valence-electron chi connectivity index (χ4n) is 1.93. The minimum Gasteiger partial charge on any atom is -0.505 e. The predicted molar refractivity (Wildman–Crippen MR) is 69.4 cm³/mol. The fourth-order valence-corrected chi connectivity index (χ4v) is 1.93. The molecule has 0 bridgehead atoms. The van der Waals surface area contributed by atoms with Gasteiger partial charge in [-0.15, -0.1) is 0 Å². The van der Waals surface area contributed by atoms with E-state index in [1.54, 1.807) is 24.3 Å². The van der Waals surface area contributed by atoms with Crippen LogP contribution in [0.4, 0.5) is 4.39 Å². The third-order valence-corrected chi connectivity index (χ3v) is 2.92. The summed E-state index contributed by atoms with van der Waals surface area (Å²) in [5.41, 5.74) is 1.66. The first-order chi connectivity index (χ1) is 9.15. The molecule has 0 atom stereocenters. The number of aromatic nitrogens is 2. The van der Waals surface area contributed by atoms with Crippen molar-refractivity contribution in [3.8, 4) is 16.9 Å². The quantitative estimate of drug-likeness (QED) is 0.702. The Labute approximate surface area is 107 Å². The predicted octanol–water partition coefficient (Wildman–Crippen LogP) is 2.43. The van der Waals surface area contributed by atoms with E-state index < -0.39 is 5.82 Å². The Morgan fingerprint density at radius 1 is 1.11 bits per heavy atom. The number of H-pyrrole nitrogens is 1. The van der Waals surface area contributed by atoms with Gasteiger partial charge in [-0.05, 0) is 35.4 Å². The van der Waals surface area contributed by atoms with Crippen LogP contribution in [-0.4, -0.2) is 15.1 Å². The van der Waals surface area contributed by atoms with Crippen molar-refractivity contribution in [1.82, 2.24) is 9.97 Å². The van der Waals surface area contributed by atoms with Crippen molar-refractivity contribution < 1.29 is 9.50 Å². The summed E-state index contributed by atoms with van der Waals surface area (Å²) in [4.78, 5) is 18.1. The van der Waals surface area contributed by atoms with Crippen molar-refractivity contribution in [3.63, 3.8) is 0 Å². The van der Waals surface area contributed by atoms with Crippen LogP contribution in [0.15, 0.2) is 47.5 Å². The molecule has 0 fully saturated rings. The third-order valence-electron chi connectivity index (χ3n) is 2.92. The standard InChI is InChI=1S/C14H9FN2O2/c15-11-5-8(2-4-13(11)18)9-1-3-10-12(6-9)16-7-17-14(10)19/h1-7,18H,(H,16,17,19). The Balaban J connectivity index is 2.20. The highest BCUT2D eigenvalue weighted by molar-refractivity contribution is 5.83. The van der Waals surface area contributed by atoms with Crippen LogP contribution in [0.3, 0.4) is 0 Å². The summed E-state index contributed by atoms with van der Waals surface area (Å²) < 4.78 is 13.3. The maximum Gasteiger partial charge on any atom is 0.258 e. The lowest BCUT2D eigenvalue weighted by molar-refractivity contribution is 0.432. The van der Waals surface area contributed by atoms with Crippen molar-refractivity contribution in [2.45, 2.75) is 0 Å². The van der Waals surface area contributed by atoms with Crippen LogP contribution in [-0.2, 0) is 0 Å². The summed E-state index contributed by atoms with van der Waals surface area (Å²) >= 11 is 0. The smallest absolute Gasteiger partial charge is 0.258 e. The molecular weight excluding hydrogens is 247 g/mol. The Bertz CT molecular complexity index is 827. The first-order valence-electron chi connectivity index (χ1n) is 5.61. The summed E-state index contributed by atoms with van der Waals surface area (Å²) in [6, 6.07) is 9.19. The zero-order valence-corrected chi connectivity index (χ0v) is 9.72. The van der Waals surface area contributed by atoms with Crippen LogP contribution < -0.4 is 5.56 Å². The largest absolute Gasteiger partial charge is 0.505 e. The Morgan fingerprint density at radius 3 is 2.63 bits per heavy atom. The van der Waals surface area contributed by atoms with Gasteiger partial charge >= 0.3 is 0 Å². The maximum absolute atomic E-state index is 13.3. The molecule has 0 aliphatic rings. The lowest BCUT2D eigenvalue weighted by Gasteiger charge is -2.04. The normalized spacial score (nSPS) is 10.8. The van der Waals surface area contributed by atoms with Gasteiger partial charge in [-0.3, -0.25) is 4.79 Å². The van der Waals surface area contributed by atoms with Gasteiger partial charge in [0.25, 0.3) is 5.56 Å². The molecule has 2 aromatic carbocycles. The number of hydrogen-bond acceptors (Lipinski definition) is 3. The van der Waals surface area contributed by atoms with Crippen LogP contribution in [0.1, 0.15) is 0 Å². The zero-order valence-electron chi connectivity index (χ0n) is 9.72. The van der Waals surface area contributed by atoms with Gasteiger partial charge in [-0.1, -0.05) is 12.1 Å². The second kappa shape index (κ2) is 4.20. The van der Waals surface area contributed by atoms with E-state index >= 15 is 0 Å². The lowest BCUT2D eigenvalue weighted by atomic mass is 10.0. The lowest BCUT2D eigenvalue weighted by Crippen LogP contribution is -2.05. The molecule has 4 nitrogen and oxygen atoms in total. The van der Waals surface area contributed by atoms with E-state index in [4.69, 9.17) is 5.11 Å². The first kappa shape index (κ1) is 11.4. The minimum absolute atomic E-state index is 0.214. The van der Waals surface area contributed by atoms with E-state index in [1.165, 1.54) is 18.5 Å². The molecule has 0 saturated carbocycles. The van der Waals surface area contributed by atoms with E-state index in [2.05, 4.69) is 9.97 Å². The number of nitrogens with zero attached hydrogens (tertiary/aromatic N) is 1. The van der Waals surface area contributed by atoms with E-state index in [0.29, 0.717) is 16.5 Å². The van der Waals surface area contributed by atoms with Gasteiger partial charge in [0.05, 0.1) is 17.2 Å². The molecule has 1 aromatic heterocycles. The highest BCUT2D eigenvalue weighted by Gasteiger charge is 2.06. The summed E-state index contributed by atoms with van der Waals surface area (Å²) in [6.07, 6.45) is 1.33.